The Hall–Kier alpha value is -1.05. The van der Waals surface area contributed by atoms with Gasteiger partial charge in [0, 0.05) is 13.1 Å². The van der Waals surface area contributed by atoms with Crippen LogP contribution in [0.15, 0.2) is 4.79 Å². The van der Waals surface area contributed by atoms with Gasteiger partial charge >= 0.3 is 4.87 Å². The molecule has 0 fully saturated rings. The minimum absolute atomic E-state index is 0.173. The summed E-state index contributed by atoms with van der Waals surface area (Å²) in [5.41, 5.74) is 0. The van der Waals surface area contributed by atoms with Crippen molar-refractivity contribution in [3.63, 3.8) is 0 Å². The molecule has 0 amide bonds. The van der Waals surface area contributed by atoms with Gasteiger partial charge in [0.2, 0.25) is 5.88 Å². The first-order chi connectivity index (χ1) is 6.15. The standard InChI is InChI=1S/C6H12N4O2S/c1-8-2-3-10(7)5-4(11)9-6(12)13-5/h8,11H,2-3,7H2,1H3,(H,9,12). The van der Waals surface area contributed by atoms with Gasteiger partial charge in [-0.15, -0.1) is 0 Å². The molecule has 0 spiro atoms. The summed E-state index contributed by atoms with van der Waals surface area (Å²) >= 11 is 0.885. The fraction of sp³-hybridized carbons (Fsp3) is 0.500. The van der Waals surface area contributed by atoms with Crippen LogP contribution in [0.3, 0.4) is 0 Å². The summed E-state index contributed by atoms with van der Waals surface area (Å²) in [5, 5.41) is 13.8. The second kappa shape index (κ2) is 4.26. The highest BCUT2D eigenvalue weighted by Crippen LogP contribution is 2.24. The van der Waals surface area contributed by atoms with E-state index in [1.165, 1.54) is 5.01 Å². The molecule has 5 N–H and O–H groups in total. The van der Waals surface area contributed by atoms with Crippen molar-refractivity contribution in [2.45, 2.75) is 0 Å². The average molecular weight is 204 g/mol. The monoisotopic (exact) mass is 204 g/mol. The molecule has 0 unspecified atom stereocenters. The van der Waals surface area contributed by atoms with Gasteiger partial charge in [-0.2, -0.15) is 0 Å². The van der Waals surface area contributed by atoms with Crippen molar-refractivity contribution in [1.29, 1.82) is 0 Å². The van der Waals surface area contributed by atoms with E-state index in [0.717, 1.165) is 11.3 Å². The Morgan fingerprint density at radius 2 is 2.46 bits per heavy atom. The van der Waals surface area contributed by atoms with Crippen LogP contribution in [-0.2, 0) is 0 Å². The van der Waals surface area contributed by atoms with Crippen LogP contribution in [0.4, 0.5) is 5.00 Å². The van der Waals surface area contributed by atoms with E-state index in [9.17, 15) is 9.90 Å². The first kappa shape index (κ1) is 10.0. The molecule has 0 saturated heterocycles. The number of nitrogens with zero attached hydrogens (tertiary/aromatic N) is 1. The predicted molar refractivity (Wildman–Crippen MR) is 52.1 cm³/mol. The summed E-state index contributed by atoms with van der Waals surface area (Å²) in [7, 11) is 1.80. The van der Waals surface area contributed by atoms with E-state index in [1.807, 2.05) is 0 Å². The summed E-state index contributed by atoms with van der Waals surface area (Å²) in [5.74, 6) is 5.41. The maximum Gasteiger partial charge on any atom is 0.309 e. The first-order valence-electron chi connectivity index (χ1n) is 3.74. The van der Waals surface area contributed by atoms with Crippen LogP contribution in [0.1, 0.15) is 0 Å². The van der Waals surface area contributed by atoms with E-state index in [2.05, 4.69) is 10.3 Å². The summed E-state index contributed by atoms with van der Waals surface area (Å²) in [6.07, 6.45) is 0. The quantitative estimate of drug-likeness (QED) is 0.374. The Balaban J connectivity index is 2.70. The Morgan fingerprint density at radius 3 is 2.92 bits per heavy atom. The van der Waals surface area contributed by atoms with Crippen molar-refractivity contribution >= 4 is 16.3 Å². The molecule has 1 heterocycles. The van der Waals surface area contributed by atoms with Crippen molar-refractivity contribution in [3.05, 3.63) is 9.67 Å². The van der Waals surface area contributed by atoms with Gasteiger partial charge in [0.05, 0.1) is 0 Å². The highest BCUT2D eigenvalue weighted by atomic mass is 32.1. The number of H-pyrrole nitrogens is 1. The third-order valence-electron chi connectivity index (χ3n) is 1.48. The van der Waals surface area contributed by atoms with Crippen LogP contribution in [0.5, 0.6) is 5.88 Å². The molecule has 0 saturated carbocycles. The molecule has 13 heavy (non-hydrogen) atoms. The summed E-state index contributed by atoms with van der Waals surface area (Å²) < 4.78 is 0. The van der Waals surface area contributed by atoms with E-state index in [1.54, 1.807) is 7.05 Å². The lowest BCUT2D eigenvalue weighted by molar-refractivity contribution is 0.455. The maximum atomic E-state index is 10.8. The summed E-state index contributed by atoms with van der Waals surface area (Å²) in [4.78, 5) is 12.7. The number of aromatic amines is 1. The minimum atomic E-state index is -0.313. The van der Waals surface area contributed by atoms with E-state index in [0.29, 0.717) is 18.1 Å². The first-order valence-corrected chi connectivity index (χ1v) is 4.55. The van der Waals surface area contributed by atoms with Crippen molar-refractivity contribution in [2.24, 2.45) is 5.84 Å². The van der Waals surface area contributed by atoms with Gasteiger partial charge in [-0.1, -0.05) is 11.3 Å². The number of nitrogens with two attached hydrogens (primary N) is 1. The van der Waals surface area contributed by atoms with Crippen LogP contribution in [-0.4, -0.2) is 30.2 Å². The Morgan fingerprint density at radius 1 is 1.77 bits per heavy atom. The molecule has 1 aromatic rings. The normalized spacial score (nSPS) is 10.3. The fourth-order valence-electron chi connectivity index (χ4n) is 0.840. The zero-order valence-corrected chi connectivity index (χ0v) is 8.02. The molecule has 0 aliphatic heterocycles. The zero-order valence-electron chi connectivity index (χ0n) is 7.20. The van der Waals surface area contributed by atoms with Gasteiger partial charge in [0.1, 0.15) is 0 Å². The Bertz CT molecular complexity index is 321. The van der Waals surface area contributed by atoms with Gasteiger partial charge in [0.15, 0.2) is 5.00 Å². The summed E-state index contributed by atoms with van der Waals surface area (Å²) in [6, 6.07) is 0. The molecule has 0 bridgehead atoms. The van der Waals surface area contributed by atoms with Crippen molar-refractivity contribution in [2.75, 3.05) is 25.1 Å². The SMILES string of the molecule is CNCCN(N)c1sc(=O)[nH]c1O. The lowest BCUT2D eigenvalue weighted by Gasteiger charge is -2.15. The third kappa shape index (κ3) is 2.44. The van der Waals surface area contributed by atoms with Gasteiger partial charge in [-0.05, 0) is 7.05 Å². The average Bonchev–Trinajstić information content (AvgIpc) is 2.41. The number of hydrogen-bond acceptors (Lipinski definition) is 6. The fourth-order valence-corrected chi connectivity index (χ4v) is 1.52. The number of aromatic nitrogens is 1. The topological polar surface area (TPSA) is 94.4 Å². The van der Waals surface area contributed by atoms with Gasteiger partial charge in [-0.25, -0.2) is 5.84 Å². The van der Waals surface area contributed by atoms with Gasteiger partial charge in [-0.3, -0.25) is 14.8 Å². The van der Waals surface area contributed by atoms with E-state index in [4.69, 9.17) is 5.84 Å². The molecule has 1 rings (SSSR count). The molecule has 0 aromatic carbocycles. The largest absolute Gasteiger partial charge is 0.492 e. The third-order valence-corrected chi connectivity index (χ3v) is 2.38. The minimum Gasteiger partial charge on any atom is -0.492 e. The highest BCUT2D eigenvalue weighted by Gasteiger charge is 2.11. The van der Waals surface area contributed by atoms with Crippen molar-refractivity contribution in [1.82, 2.24) is 10.3 Å². The second-order valence-electron chi connectivity index (χ2n) is 2.47. The van der Waals surface area contributed by atoms with Gasteiger partial charge in [0.25, 0.3) is 0 Å². The van der Waals surface area contributed by atoms with E-state index >= 15 is 0 Å². The number of hydrogen-bond donors (Lipinski definition) is 4. The number of thiazole rings is 1. The van der Waals surface area contributed by atoms with Crippen LogP contribution >= 0.6 is 11.3 Å². The van der Waals surface area contributed by atoms with Crippen molar-refractivity contribution in [3.8, 4) is 5.88 Å². The molecule has 0 radical (unpaired) electrons. The van der Waals surface area contributed by atoms with Crippen LogP contribution in [0.25, 0.3) is 0 Å². The molecule has 74 valence electrons. The number of anilines is 1. The lowest BCUT2D eigenvalue weighted by atomic mass is 10.6. The number of aromatic hydroxyl groups is 1. The van der Waals surface area contributed by atoms with Crippen molar-refractivity contribution < 1.29 is 5.11 Å². The smallest absolute Gasteiger partial charge is 0.309 e. The molecule has 0 atom stereocenters. The number of nitrogens with one attached hydrogen (secondary N) is 2. The number of rotatable bonds is 4. The maximum absolute atomic E-state index is 10.8. The van der Waals surface area contributed by atoms with E-state index < -0.39 is 0 Å². The molecule has 7 heteroatoms. The molecule has 1 aromatic heterocycles. The molecular formula is C6H12N4O2S. The molecule has 0 aliphatic carbocycles. The molecular weight excluding hydrogens is 192 g/mol. The van der Waals surface area contributed by atoms with Crippen LogP contribution in [0, 0.1) is 0 Å². The second-order valence-corrected chi connectivity index (χ2v) is 3.43. The van der Waals surface area contributed by atoms with Crippen LogP contribution < -0.4 is 21.0 Å². The van der Waals surface area contributed by atoms with Gasteiger partial charge < -0.3 is 10.4 Å². The highest BCUT2D eigenvalue weighted by molar-refractivity contribution is 7.13. The molecule has 6 nitrogen and oxygen atoms in total. The Labute approximate surface area is 79.0 Å². The summed E-state index contributed by atoms with van der Waals surface area (Å²) in [6.45, 7) is 1.21. The predicted octanol–water partition coefficient (Wildman–Crippen LogP) is -0.959. The van der Waals surface area contributed by atoms with E-state index in [-0.39, 0.29) is 10.8 Å². The zero-order chi connectivity index (χ0) is 9.84. The number of hydrazine groups is 1. The molecule has 0 aliphatic rings. The Kier molecular flexibility index (Phi) is 3.29. The van der Waals surface area contributed by atoms with Crippen LogP contribution in [0.2, 0.25) is 0 Å². The number of likely N-dealkylation sites (N-methyl/N-ethyl adjacent to an activating group) is 1. The lowest BCUT2D eigenvalue weighted by Crippen LogP contribution is -2.36.